The van der Waals surface area contributed by atoms with Crippen molar-refractivity contribution >= 4 is 11.7 Å². The Labute approximate surface area is 132 Å². The number of para-hydroxylation sites is 1. The Balaban J connectivity index is 2.88. The monoisotopic (exact) mass is 300 g/mol. The van der Waals surface area contributed by atoms with Crippen LogP contribution in [-0.2, 0) is 9.53 Å². The Morgan fingerprint density at radius 2 is 2.05 bits per heavy atom. The van der Waals surface area contributed by atoms with Gasteiger partial charge in [-0.1, -0.05) is 30.2 Å². The van der Waals surface area contributed by atoms with Gasteiger partial charge in [0.25, 0.3) is 0 Å². The maximum absolute atomic E-state index is 12.1. The van der Waals surface area contributed by atoms with Crippen LogP contribution in [0.15, 0.2) is 42.6 Å². The Kier molecular flexibility index (Phi) is 7.04. The van der Waals surface area contributed by atoms with Crippen molar-refractivity contribution in [3.8, 4) is 11.8 Å². The average Bonchev–Trinajstić information content (AvgIpc) is 2.53. The van der Waals surface area contributed by atoms with Crippen LogP contribution in [-0.4, -0.2) is 19.1 Å². The number of allylic oxidation sites excluding steroid dienone is 1. The number of rotatable bonds is 6. The molecule has 0 spiro atoms. The van der Waals surface area contributed by atoms with Crippen LogP contribution in [0.3, 0.4) is 0 Å². The summed E-state index contributed by atoms with van der Waals surface area (Å²) in [6.45, 7) is 3.72. The molecule has 1 rings (SSSR count). The van der Waals surface area contributed by atoms with Crippen molar-refractivity contribution in [2.45, 2.75) is 32.7 Å². The lowest BCUT2D eigenvalue weighted by atomic mass is 9.82. The summed E-state index contributed by atoms with van der Waals surface area (Å²) < 4.78 is 4.92. The zero-order chi connectivity index (χ0) is 16.4. The van der Waals surface area contributed by atoms with E-state index < -0.39 is 5.41 Å². The fraction of sp³-hybridized carbons (Fsp3) is 0.389. The van der Waals surface area contributed by atoms with Crippen LogP contribution in [0, 0.1) is 17.3 Å². The number of benzene rings is 1. The van der Waals surface area contributed by atoms with E-state index in [0.717, 1.165) is 5.69 Å². The van der Waals surface area contributed by atoms with Gasteiger partial charge in [-0.05, 0) is 32.2 Å². The molecule has 118 valence electrons. The largest absolute Gasteiger partial charge is 0.469 e. The van der Waals surface area contributed by atoms with Gasteiger partial charge in [0.15, 0.2) is 0 Å². The summed E-state index contributed by atoms with van der Waals surface area (Å²) >= 11 is 0. The number of nitrogens with one attached hydrogen (secondary N) is 1. The number of anilines is 1. The lowest BCUT2D eigenvalue weighted by molar-refractivity contribution is -0.151. The topological polar surface area (TPSA) is 64.3 Å². The third-order valence-corrected chi connectivity index (χ3v) is 3.48. The summed E-state index contributed by atoms with van der Waals surface area (Å²) in [6, 6.07) is 9.61. The molecular formula is C18H24N2O2. The smallest absolute Gasteiger partial charge is 0.313 e. The first-order valence-corrected chi connectivity index (χ1v) is 7.24. The molecule has 0 aliphatic carbocycles. The van der Waals surface area contributed by atoms with Crippen LogP contribution < -0.4 is 11.1 Å². The van der Waals surface area contributed by atoms with E-state index in [9.17, 15) is 4.79 Å². The Hall–Kier alpha value is -2.41. The molecule has 22 heavy (non-hydrogen) atoms. The molecule has 0 amide bonds. The first kappa shape index (κ1) is 17.6. The second-order valence-electron chi connectivity index (χ2n) is 5.47. The van der Waals surface area contributed by atoms with Crippen LogP contribution in [0.4, 0.5) is 5.69 Å². The molecule has 0 fully saturated rings. The molecule has 4 nitrogen and oxygen atoms in total. The van der Waals surface area contributed by atoms with Gasteiger partial charge >= 0.3 is 5.97 Å². The minimum Gasteiger partial charge on any atom is -0.469 e. The molecule has 0 aliphatic rings. The van der Waals surface area contributed by atoms with E-state index in [2.05, 4.69) is 17.2 Å². The quantitative estimate of drug-likeness (QED) is 0.626. The van der Waals surface area contributed by atoms with Crippen molar-refractivity contribution in [1.82, 2.24) is 0 Å². The molecule has 0 saturated carbocycles. The van der Waals surface area contributed by atoms with Gasteiger partial charge in [-0.3, -0.25) is 4.79 Å². The molecule has 3 N–H and O–H groups in total. The molecule has 0 aliphatic heterocycles. The normalized spacial score (nSPS) is 12.3. The number of esters is 1. The summed E-state index contributed by atoms with van der Waals surface area (Å²) in [4.78, 5) is 12.1. The number of nitrogens with two attached hydrogens (primary N) is 1. The van der Waals surface area contributed by atoms with Crippen LogP contribution in [0.5, 0.6) is 0 Å². The maximum atomic E-state index is 12.1. The van der Waals surface area contributed by atoms with Crippen molar-refractivity contribution in [2.24, 2.45) is 11.1 Å². The predicted octanol–water partition coefficient (Wildman–Crippen LogP) is 2.92. The fourth-order valence-corrected chi connectivity index (χ4v) is 2.00. The molecule has 1 aromatic rings. The van der Waals surface area contributed by atoms with Crippen LogP contribution in [0.25, 0.3) is 0 Å². The highest BCUT2D eigenvalue weighted by Crippen LogP contribution is 2.27. The highest BCUT2D eigenvalue weighted by Gasteiger charge is 2.37. The molecule has 1 aromatic carbocycles. The van der Waals surface area contributed by atoms with Crippen molar-refractivity contribution in [3.63, 3.8) is 0 Å². The van der Waals surface area contributed by atoms with Gasteiger partial charge in [0.1, 0.15) is 0 Å². The highest BCUT2D eigenvalue weighted by molar-refractivity contribution is 5.77. The lowest BCUT2D eigenvalue weighted by Crippen LogP contribution is -2.42. The first-order chi connectivity index (χ1) is 10.5. The van der Waals surface area contributed by atoms with E-state index in [-0.39, 0.29) is 12.0 Å². The van der Waals surface area contributed by atoms with E-state index in [0.29, 0.717) is 12.8 Å². The predicted molar refractivity (Wildman–Crippen MR) is 90.0 cm³/mol. The first-order valence-electron chi connectivity index (χ1n) is 7.24. The molecule has 0 aromatic heterocycles. The Morgan fingerprint density at radius 3 is 2.64 bits per heavy atom. The van der Waals surface area contributed by atoms with Gasteiger partial charge < -0.3 is 15.8 Å². The zero-order valence-corrected chi connectivity index (χ0v) is 13.4. The lowest BCUT2D eigenvalue weighted by Gasteiger charge is -2.32. The molecule has 0 bridgehead atoms. The van der Waals surface area contributed by atoms with E-state index >= 15 is 0 Å². The molecule has 0 saturated heterocycles. The van der Waals surface area contributed by atoms with Crippen molar-refractivity contribution < 1.29 is 9.53 Å². The van der Waals surface area contributed by atoms with Crippen molar-refractivity contribution in [1.29, 1.82) is 0 Å². The Morgan fingerprint density at radius 1 is 1.36 bits per heavy atom. The minimum absolute atomic E-state index is 0.156. The summed E-state index contributed by atoms with van der Waals surface area (Å²) in [5, 5.41) is 3.38. The number of hydrogen-bond donors (Lipinski definition) is 2. The van der Waals surface area contributed by atoms with Gasteiger partial charge in [0, 0.05) is 18.5 Å². The fourth-order valence-electron chi connectivity index (χ4n) is 2.00. The van der Waals surface area contributed by atoms with Crippen molar-refractivity contribution in [2.75, 3.05) is 12.4 Å². The van der Waals surface area contributed by atoms with E-state index in [1.165, 1.54) is 13.3 Å². The Bertz CT molecular complexity index is 553. The molecule has 0 radical (unpaired) electrons. The highest BCUT2D eigenvalue weighted by atomic mass is 16.5. The second-order valence-corrected chi connectivity index (χ2v) is 5.47. The molecule has 0 heterocycles. The number of methoxy groups -OCH3 is 1. The van der Waals surface area contributed by atoms with Crippen molar-refractivity contribution in [3.05, 3.63) is 42.6 Å². The van der Waals surface area contributed by atoms with E-state index in [1.54, 1.807) is 6.08 Å². The molecule has 1 unspecified atom stereocenters. The van der Waals surface area contributed by atoms with Gasteiger partial charge in [0.2, 0.25) is 0 Å². The number of hydrogen-bond acceptors (Lipinski definition) is 4. The maximum Gasteiger partial charge on any atom is 0.313 e. The van der Waals surface area contributed by atoms with Gasteiger partial charge in [-0.25, -0.2) is 0 Å². The third kappa shape index (κ3) is 5.17. The summed E-state index contributed by atoms with van der Waals surface area (Å²) in [7, 11) is 1.40. The van der Waals surface area contributed by atoms with E-state index in [1.807, 2.05) is 44.2 Å². The number of carbonyl (C=O) groups excluding carboxylic acids is 1. The minimum atomic E-state index is -0.691. The summed E-state index contributed by atoms with van der Waals surface area (Å²) in [5.41, 5.74) is 5.54. The van der Waals surface area contributed by atoms with Gasteiger partial charge in [0.05, 0.1) is 18.6 Å². The van der Waals surface area contributed by atoms with Crippen LogP contribution in [0.2, 0.25) is 0 Å². The zero-order valence-electron chi connectivity index (χ0n) is 13.4. The molecule has 1 atom stereocenters. The van der Waals surface area contributed by atoms with Crippen LogP contribution >= 0.6 is 0 Å². The SMILES string of the molecule is COC(=O)C(C)(C)C(CC#CC/C=C\N)Nc1ccccc1. The van der Waals surface area contributed by atoms with E-state index in [4.69, 9.17) is 10.5 Å². The number of ether oxygens (including phenoxy) is 1. The molecule has 4 heteroatoms. The average molecular weight is 300 g/mol. The number of carbonyl (C=O) groups is 1. The van der Waals surface area contributed by atoms with Gasteiger partial charge in [-0.2, -0.15) is 0 Å². The van der Waals surface area contributed by atoms with Crippen LogP contribution in [0.1, 0.15) is 26.7 Å². The standard InChI is InChI=1S/C18H24N2O2/c1-18(2,17(21)22-3)16(13-9-4-5-10-14-19)20-15-11-7-6-8-12-15/h6-8,10-12,14,16,20H,5,13,19H2,1-3H3/b14-10-. The third-order valence-electron chi connectivity index (χ3n) is 3.48. The summed E-state index contributed by atoms with van der Waals surface area (Å²) in [5.74, 6) is 5.86. The van der Waals surface area contributed by atoms with Gasteiger partial charge in [-0.15, -0.1) is 5.92 Å². The molecular weight excluding hydrogens is 276 g/mol. The second kappa shape index (κ2) is 8.78. The summed E-state index contributed by atoms with van der Waals surface area (Å²) in [6.07, 6.45) is 4.41.